The Hall–Kier alpha value is -1.66. The smallest absolute Gasteiger partial charge is 0.244 e. The van der Waals surface area contributed by atoms with Gasteiger partial charge in [0.2, 0.25) is 5.91 Å². The molecule has 0 atom stereocenters. The number of hydrogen-bond acceptors (Lipinski definition) is 4. The van der Waals surface area contributed by atoms with Crippen molar-refractivity contribution in [2.24, 2.45) is 0 Å². The van der Waals surface area contributed by atoms with Crippen LogP contribution >= 0.6 is 0 Å². The van der Waals surface area contributed by atoms with Gasteiger partial charge in [-0.3, -0.25) is 4.79 Å². The molecule has 0 saturated heterocycles. The number of sulfone groups is 1. The van der Waals surface area contributed by atoms with Crippen LogP contribution in [0.25, 0.3) is 0 Å². The van der Waals surface area contributed by atoms with Crippen LogP contribution in [0.5, 0.6) is 0 Å². The normalized spacial score (nSPS) is 11.6. The second kappa shape index (κ2) is 6.93. The summed E-state index contributed by atoms with van der Waals surface area (Å²) in [6.07, 6.45) is 1.41. The molecule has 1 amide bonds. The molecule has 0 bridgehead atoms. The summed E-state index contributed by atoms with van der Waals surface area (Å²) in [4.78, 5) is 11.4. The van der Waals surface area contributed by atoms with Gasteiger partial charge in [-0.05, 0) is 18.6 Å². The number of hydrogen-bond donors (Lipinski definition) is 2. The zero-order valence-corrected chi connectivity index (χ0v) is 10.6. The van der Waals surface area contributed by atoms with Gasteiger partial charge in [0, 0.05) is 24.6 Å². The number of benzene rings is 1. The van der Waals surface area contributed by atoms with E-state index < -0.39 is 15.7 Å². The summed E-state index contributed by atoms with van der Waals surface area (Å²) in [6, 6.07) is 7.86. The quantitative estimate of drug-likeness (QED) is 0.581. The van der Waals surface area contributed by atoms with Crippen molar-refractivity contribution in [2.45, 2.75) is 11.3 Å². The Kier molecular flexibility index (Phi) is 5.54. The van der Waals surface area contributed by atoms with Crippen molar-refractivity contribution < 1.29 is 18.3 Å². The number of nitrogens with one attached hydrogen (secondary N) is 1. The Labute approximate surface area is 106 Å². The summed E-state index contributed by atoms with van der Waals surface area (Å²) in [5, 5.41) is 11.9. The van der Waals surface area contributed by atoms with Crippen molar-refractivity contribution >= 4 is 15.7 Å². The third-order valence-electron chi connectivity index (χ3n) is 2.10. The highest BCUT2D eigenvalue weighted by molar-refractivity contribution is 7.94. The third-order valence-corrected chi connectivity index (χ3v) is 3.53. The van der Waals surface area contributed by atoms with Crippen LogP contribution in [0.1, 0.15) is 6.42 Å². The largest absolute Gasteiger partial charge is 0.396 e. The Morgan fingerprint density at radius 1 is 1.28 bits per heavy atom. The monoisotopic (exact) mass is 269 g/mol. The maximum atomic E-state index is 11.8. The molecule has 0 aromatic heterocycles. The molecule has 1 rings (SSSR count). The lowest BCUT2D eigenvalue weighted by Gasteiger charge is -2.00. The SMILES string of the molecule is O=C(/C=C/S(=O)(=O)c1ccccc1)NCCCO. The molecule has 0 fully saturated rings. The predicted molar refractivity (Wildman–Crippen MR) is 67.5 cm³/mol. The fourth-order valence-corrected chi connectivity index (χ4v) is 2.19. The molecule has 0 radical (unpaired) electrons. The fraction of sp³-hybridized carbons (Fsp3) is 0.250. The van der Waals surface area contributed by atoms with Gasteiger partial charge < -0.3 is 10.4 Å². The molecule has 98 valence electrons. The Bertz CT molecular complexity index is 508. The highest BCUT2D eigenvalue weighted by Gasteiger charge is 2.09. The predicted octanol–water partition coefficient (Wildman–Crippen LogP) is 0.473. The molecule has 2 N–H and O–H groups in total. The number of rotatable bonds is 6. The molecule has 6 heteroatoms. The molecule has 0 heterocycles. The van der Waals surface area contributed by atoms with Crippen LogP contribution in [0, 0.1) is 0 Å². The standard InChI is InChI=1S/C12H15NO4S/c14-9-4-8-13-12(15)7-10-18(16,17)11-5-2-1-3-6-11/h1-3,5-7,10,14H,4,8-9H2,(H,13,15)/b10-7+. The van der Waals surface area contributed by atoms with Gasteiger partial charge >= 0.3 is 0 Å². The first-order valence-electron chi connectivity index (χ1n) is 5.43. The van der Waals surface area contributed by atoms with E-state index in [1.807, 2.05) is 0 Å². The molecular weight excluding hydrogens is 254 g/mol. The maximum Gasteiger partial charge on any atom is 0.244 e. The van der Waals surface area contributed by atoms with Gasteiger partial charge in [0.1, 0.15) is 0 Å². The maximum absolute atomic E-state index is 11.8. The van der Waals surface area contributed by atoms with Crippen LogP contribution in [0.4, 0.5) is 0 Å². The lowest BCUT2D eigenvalue weighted by Crippen LogP contribution is -2.23. The summed E-state index contributed by atoms with van der Waals surface area (Å²) in [5.74, 6) is -0.497. The summed E-state index contributed by atoms with van der Waals surface area (Å²) in [7, 11) is -3.58. The first-order chi connectivity index (χ1) is 8.56. The zero-order chi connectivity index (χ0) is 13.4. The molecule has 0 saturated carbocycles. The van der Waals surface area contributed by atoms with E-state index in [2.05, 4.69) is 5.32 Å². The van der Waals surface area contributed by atoms with Crippen LogP contribution in [0.2, 0.25) is 0 Å². The molecule has 0 aliphatic rings. The average Bonchev–Trinajstić information content (AvgIpc) is 2.38. The number of carbonyl (C=O) groups is 1. The molecular formula is C12H15NO4S. The van der Waals surface area contributed by atoms with E-state index in [1.165, 1.54) is 12.1 Å². The second-order valence-electron chi connectivity index (χ2n) is 3.53. The van der Waals surface area contributed by atoms with E-state index in [-0.39, 0.29) is 11.5 Å². The van der Waals surface area contributed by atoms with E-state index in [0.29, 0.717) is 13.0 Å². The Balaban J connectivity index is 2.64. The van der Waals surface area contributed by atoms with E-state index in [9.17, 15) is 13.2 Å². The minimum atomic E-state index is -3.58. The zero-order valence-electron chi connectivity index (χ0n) is 9.74. The molecule has 1 aromatic rings. The van der Waals surface area contributed by atoms with Crippen LogP contribution in [-0.2, 0) is 14.6 Å². The molecule has 0 aliphatic heterocycles. The molecule has 18 heavy (non-hydrogen) atoms. The van der Waals surface area contributed by atoms with E-state index in [4.69, 9.17) is 5.11 Å². The summed E-state index contributed by atoms with van der Waals surface area (Å²) < 4.78 is 23.5. The van der Waals surface area contributed by atoms with Gasteiger partial charge in [-0.2, -0.15) is 0 Å². The van der Waals surface area contributed by atoms with Crippen molar-refractivity contribution in [1.82, 2.24) is 5.32 Å². The molecule has 5 nitrogen and oxygen atoms in total. The average molecular weight is 269 g/mol. The van der Waals surface area contributed by atoms with Crippen LogP contribution in [0.3, 0.4) is 0 Å². The lowest BCUT2D eigenvalue weighted by molar-refractivity contribution is -0.116. The van der Waals surface area contributed by atoms with Crippen molar-refractivity contribution in [1.29, 1.82) is 0 Å². The van der Waals surface area contributed by atoms with E-state index in [1.54, 1.807) is 18.2 Å². The van der Waals surface area contributed by atoms with Crippen LogP contribution in [-0.4, -0.2) is 32.6 Å². The summed E-state index contributed by atoms with van der Waals surface area (Å²) in [6.45, 7) is 0.289. The minimum absolute atomic E-state index is 0.0215. The van der Waals surface area contributed by atoms with Gasteiger partial charge in [-0.15, -0.1) is 0 Å². The summed E-state index contributed by atoms with van der Waals surface area (Å²) in [5.41, 5.74) is 0. The van der Waals surface area contributed by atoms with Gasteiger partial charge in [0.25, 0.3) is 0 Å². The van der Waals surface area contributed by atoms with Crippen LogP contribution in [0.15, 0.2) is 46.7 Å². The van der Waals surface area contributed by atoms with Gasteiger partial charge in [0.15, 0.2) is 9.84 Å². The van der Waals surface area contributed by atoms with Gasteiger partial charge in [-0.25, -0.2) is 8.42 Å². The van der Waals surface area contributed by atoms with Gasteiger partial charge in [-0.1, -0.05) is 18.2 Å². The molecule has 0 aliphatic carbocycles. The topological polar surface area (TPSA) is 83.5 Å². The molecule has 0 unspecified atom stereocenters. The Morgan fingerprint density at radius 2 is 1.94 bits per heavy atom. The number of amides is 1. The third kappa shape index (κ3) is 4.68. The molecule has 1 aromatic carbocycles. The van der Waals surface area contributed by atoms with Gasteiger partial charge in [0.05, 0.1) is 4.90 Å². The Morgan fingerprint density at radius 3 is 2.56 bits per heavy atom. The van der Waals surface area contributed by atoms with Crippen molar-refractivity contribution in [3.05, 3.63) is 41.8 Å². The first kappa shape index (κ1) is 14.4. The van der Waals surface area contributed by atoms with Crippen molar-refractivity contribution in [2.75, 3.05) is 13.2 Å². The minimum Gasteiger partial charge on any atom is -0.396 e. The second-order valence-corrected chi connectivity index (χ2v) is 5.36. The van der Waals surface area contributed by atoms with Crippen molar-refractivity contribution in [3.8, 4) is 0 Å². The number of aliphatic hydroxyl groups excluding tert-OH is 1. The van der Waals surface area contributed by atoms with E-state index >= 15 is 0 Å². The fourth-order valence-electron chi connectivity index (χ4n) is 1.19. The highest BCUT2D eigenvalue weighted by Crippen LogP contribution is 2.10. The summed E-state index contributed by atoms with van der Waals surface area (Å²) >= 11 is 0. The van der Waals surface area contributed by atoms with Crippen LogP contribution < -0.4 is 5.32 Å². The number of carbonyl (C=O) groups excluding carboxylic acids is 1. The van der Waals surface area contributed by atoms with Crippen molar-refractivity contribution in [3.63, 3.8) is 0 Å². The molecule has 0 spiro atoms. The lowest BCUT2D eigenvalue weighted by atomic mass is 10.4. The number of aliphatic hydroxyl groups is 1. The van der Waals surface area contributed by atoms with E-state index in [0.717, 1.165) is 11.5 Å². The first-order valence-corrected chi connectivity index (χ1v) is 6.98. The highest BCUT2D eigenvalue weighted by atomic mass is 32.2.